The first kappa shape index (κ1) is 24.1. The number of amides is 1. The van der Waals surface area contributed by atoms with Crippen LogP contribution >= 0.6 is 11.8 Å². The number of ether oxygens (including phenoxy) is 1. The van der Waals surface area contributed by atoms with Crippen LogP contribution in [0.5, 0.6) is 0 Å². The Hall–Kier alpha value is -3.05. The molecule has 34 heavy (non-hydrogen) atoms. The van der Waals surface area contributed by atoms with Crippen molar-refractivity contribution in [1.82, 2.24) is 14.3 Å². The predicted octanol–water partition coefficient (Wildman–Crippen LogP) is 3.36. The number of aromatic nitrogens is 2. The summed E-state index contributed by atoms with van der Waals surface area (Å²) in [6, 6.07) is 16.1. The van der Waals surface area contributed by atoms with Crippen LogP contribution in [0.2, 0.25) is 0 Å². The largest absolute Gasteiger partial charge is 0.379 e. The van der Waals surface area contributed by atoms with Gasteiger partial charge in [0.05, 0.1) is 18.1 Å². The normalized spacial score (nSPS) is 14.5. The van der Waals surface area contributed by atoms with Gasteiger partial charge < -0.3 is 10.1 Å². The minimum Gasteiger partial charge on any atom is -0.379 e. The minimum atomic E-state index is -3.56. The Morgan fingerprint density at radius 3 is 2.65 bits per heavy atom. The zero-order valence-corrected chi connectivity index (χ0v) is 20.0. The van der Waals surface area contributed by atoms with E-state index in [-0.39, 0.29) is 10.8 Å². The smallest absolute Gasteiger partial charge is 0.247 e. The maximum Gasteiger partial charge on any atom is 0.247 e. The third kappa shape index (κ3) is 6.09. The molecule has 2 aromatic carbocycles. The molecule has 0 atom stereocenters. The van der Waals surface area contributed by atoms with Gasteiger partial charge in [-0.05, 0) is 54.1 Å². The van der Waals surface area contributed by atoms with Gasteiger partial charge in [-0.2, -0.15) is 4.31 Å². The number of nitrogens with one attached hydrogen (secondary N) is 1. The van der Waals surface area contributed by atoms with Crippen molar-refractivity contribution in [1.29, 1.82) is 0 Å². The van der Waals surface area contributed by atoms with Crippen LogP contribution < -0.4 is 5.32 Å². The van der Waals surface area contributed by atoms with E-state index in [1.54, 1.807) is 24.4 Å². The number of hydrogen-bond donors (Lipinski definition) is 1. The Morgan fingerprint density at radius 1 is 1.15 bits per heavy atom. The standard InChI is InChI=1S/C24H24N4O4S2/c1-2-23(29)26-19-6-8-20(9-7-19)33-24-10-11-25-22(27-24)17-18-4-3-5-21(16-18)34(30,31)28-12-14-32-15-13-28/h2-11,16H,1,12-15,17H2,(H,26,29). The van der Waals surface area contributed by atoms with Gasteiger partial charge in [-0.25, -0.2) is 18.4 Å². The van der Waals surface area contributed by atoms with E-state index in [0.29, 0.717) is 44.2 Å². The summed E-state index contributed by atoms with van der Waals surface area (Å²) in [4.78, 5) is 21.6. The van der Waals surface area contributed by atoms with Gasteiger partial charge >= 0.3 is 0 Å². The topological polar surface area (TPSA) is 101 Å². The van der Waals surface area contributed by atoms with E-state index in [4.69, 9.17) is 4.74 Å². The molecule has 1 amide bonds. The zero-order chi connectivity index (χ0) is 24.0. The fourth-order valence-electron chi connectivity index (χ4n) is 3.38. The summed E-state index contributed by atoms with van der Waals surface area (Å²) >= 11 is 1.47. The van der Waals surface area contributed by atoms with Crippen LogP contribution in [-0.4, -0.2) is 54.9 Å². The number of rotatable bonds is 8. The number of carbonyl (C=O) groups excluding carboxylic acids is 1. The summed E-state index contributed by atoms with van der Waals surface area (Å²) in [7, 11) is -3.56. The molecule has 3 aromatic rings. The third-order valence-electron chi connectivity index (χ3n) is 5.08. The van der Waals surface area contributed by atoms with Crippen LogP contribution in [-0.2, 0) is 26.0 Å². The van der Waals surface area contributed by atoms with Crippen molar-refractivity contribution in [2.45, 2.75) is 21.2 Å². The summed E-state index contributed by atoms with van der Waals surface area (Å²) in [6.45, 7) is 4.97. The van der Waals surface area contributed by atoms with E-state index < -0.39 is 10.0 Å². The van der Waals surface area contributed by atoms with Gasteiger partial charge in [-0.1, -0.05) is 30.5 Å². The first-order valence-electron chi connectivity index (χ1n) is 10.6. The van der Waals surface area contributed by atoms with Crippen LogP contribution in [0.4, 0.5) is 5.69 Å². The van der Waals surface area contributed by atoms with Crippen molar-refractivity contribution < 1.29 is 17.9 Å². The highest BCUT2D eigenvalue weighted by molar-refractivity contribution is 7.99. The monoisotopic (exact) mass is 496 g/mol. The van der Waals surface area contributed by atoms with Gasteiger partial charge in [0.1, 0.15) is 10.9 Å². The van der Waals surface area contributed by atoms with Crippen molar-refractivity contribution in [3.05, 3.63) is 84.8 Å². The molecular weight excluding hydrogens is 472 g/mol. The maximum absolute atomic E-state index is 13.0. The fourth-order valence-corrected chi connectivity index (χ4v) is 5.65. The molecule has 4 rings (SSSR count). The summed E-state index contributed by atoms with van der Waals surface area (Å²) in [5.41, 5.74) is 1.50. The van der Waals surface area contributed by atoms with Gasteiger partial charge in [-0.3, -0.25) is 4.79 Å². The van der Waals surface area contributed by atoms with E-state index in [2.05, 4.69) is 21.9 Å². The second-order valence-corrected chi connectivity index (χ2v) is 10.5. The van der Waals surface area contributed by atoms with Crippen LogP contribution in [0, 0.1) is 0 Å². The first-order chi connectivity index (χ1) is 16.4. The van der Waals surface area contributed by atoms with Crippen molar-refractivity contribution in [3.63, 3.8) is 0 Å². The fraction of sp³-hybridized carbons (Fsp3) is 0.208. The lowest BCUT2D eigenvalue weighted by molar-refractivity contribution is -0.111. The van der Waals surface area contributed by atoms with E-state index in [1.165, 1.54) is 22.1 Å². The molecular formula is C24H24N4O4S2. The number of hydrogen-bond acceptors (Lipinski definition) is 7. The third-order valence-corrected chi connectivity index (χ3v) is 7.92. The lowest BCUT2D eigenvalue weighted by Gasteiger charge is -2.26. The molecule has 8 nitrogen and oxygen atoms in total. The number of sulfonamides is 1. The van der Waals surface area contributed by atoms with Gasteiger partial charge in [-0.15, -0.1) is 0 Å². The molecule has 0 saturated carbocycles. The zero-order valence-electron chi connectivity index (χ0n) is 18.4. The first-order valence-corrected chi connectivity index (χ1v) is 12.9. The second kappa shape index (κ2) is 10.9. The molecule has 1 saturated heterocycles. The van der Waals surface area contributed by atoms with Gasteiger partial charge in [0.15, 0.2) is 0 Å². The number of carbonyl (C=O) groups is 1. The van der Waals surface area contributed by atoms with Gasteiger partial charge in [0.2, 0.25) is 15.9 Å². The van der Waals surface area contributed by atoms with E-state index in [0.717, 1.165) is 15.5 Å². The second-order valence-electron chi connectivity index (χ2n) is 7.47. The Morgan fingerprint density at radius 2 is 1.91 bits per heavy atom. The molecule has 1 aliphatic heterocycles. The Kier molecular flexibility index (Phi) is 7.73. The molecule has 0 unspecified atom stereocenters. The van der Waals surface area contributed by atoms with Crippen molar-refractivity contribution in [2.75, 3.05) is 31.6 Å². The van der Waals surface area contributed by atoms with Crippen LogP contribution in [0.15, 0.2) is 88.3 Å². The highest BCUT2D eigenvalue weighted by Crippen LogP contribution is 2.27. The number of nitrogens with zero attached hydrogens (tertiary/aromatic N) is 3. The van der Waals surface area contributed by atoms with Gasteiger partial charge in [0.25, 0.3) is 0 Å². The molecule has 0 bridgehead atoms. The van der Waals surface area contributed by atoms with Crippen LogP contribution in [0.3, 0.4) is 0 Å². The van der Waals surface area contributed by atoms with E-state index in [1.807, 2.05) is 36.4 Å². The highest BCUT2D eigenvalue weighted by atomic mass is 32.2. The van der Waals surface area contributed by atoms with Crippen molar-refractivity contribution in [2.24, 2.45) is 0 Å². The van der Waals surface area contributed by atoms with Crippen LogP contribution in [0.25, 0.3) is 0 Å². The quantitative estimate of drug-likeness (QED) is 0.377. The molecule has 1 aliphatic rings. The van der Waals surface area contributed by atoms with E-state index >= 15 is 0 Å². The minimum absolute atomic E-state index is 0.261. The molecule has 1 aromatic heterocycles. The van der Waals surface area contributed by atoms with Crippen molar-refractivity contribution >= 4 is 33.4 Å². The Bertz CT molecular complexity index is 1270. The Balaban J connectivity index is 1.45. The number of benzene rings is 2. The van der Waals surface area contributed by atoms with E-state index in [9.17, 15) is 13.2 Å². The Labute approximate surface area is 203 Å². The molecule has 10 heteroatoms. The summed E-state index contributed by atoms with van der Waals surface area (Å²) in [5.74, 6) is 0.337. The lowest BCUT2D eigenvalue weighted by Crippen LogP contribution is -2.40. The molecule has 0 aliphatic carbocycles. The molecule has 1 fully saturated rings. The van der Waals surface area contributed by atoms with Crippen LogP contribution in [0.1, 0.15) is 11.4 Å². The molecule has 0 radical (unpaired) electrons. The average Bonchev–Trinajstić information content (AvgIpc) is 2.86. The SMILES string of the molecule is C=CC(=O)Nc1ccc(Sc2ccnc(Cc3cccc(S(=O)(=O)N4CCOCC4)c3)n2)cc1. The van der Waals surface area contributed by atoms with Gasteiger partial charge in [0, 0.05) is 36.3 Å². The molecule has 2 heterocycles. The lowest BCUT2D eigenvalue weighted by atomic mass is 10.1. The maximum atomic E-state index is 13.0. The summed E-state index contributed by atoms with van der Waals surface area (Å²) < 4.78 is 32.6. The highest BCUT2D eigenvalue weighted by Gasteiger charge is 2.26. The number of anilines is 1. The van der Waals surface area contributed by atoms with Crippen molar-refractivity contribution in [3.8, 4) is 0 Å². The molecule has 176 valence electrons. The number of morpholine rings is 1. The predicted molar refractivity (Wildman–Crippen MR) is 130 cm³/mol. The summed E-state index contributed by atoms with van der Waals surface area (Å²) in [5, 5.41) is 3.48. The molecule has 1 N–H and O–H groups in total. The average molecular weight is 497 g/mol. The summed E-state index contributed by atoms with van der Waals surface area (Å²) in [6.07, 6.45) is 3.32. The molecule has 0 spiro atoms.